The van der Waals surface area contributed by atoms with E-state index in [0.717, 1.165) is 12.8 Å². The highest BCUT2D eigenvalue weighted by Crippen LogP contribution is 2.39. The van der Waals surface area contributed by atoms with Gasteiger partial charge in [0, 0.05) is 6.42 Å². The Bertz CT molecular complexity index is 480. The van der Waals surface area contributed by atoms with Crippen molar-refractivity contribution in [2.45, 2.75) is 44.6 Å². The molecular formula is C13H22N6O. The van der Waals surface area contributed by atoms with Gasteiger partial charge in [0.05, 0.1) is 6.04 Å². The van der Waals surface area contributed by atoms with Crippen molar-refractivity contribution < 1.29 is 4.79 Å². The molecule has 0 radical (unpaired) electrons. The lowest BCUT2D eigenvalue weighted by Crippen LogP contribution is -2.51. The zero-order valence-corrected chi connectivity index (χ0v) is 11.5. The number of carbonyl (C=O) groups excluding carboxylic acids is 1. The molecule has 2 aliphatic carbocycles. The molecule has 7 heteroatoms. The van der Waals surface area contributed by atoms with Gasteiger partial charge in [-0.05, 0) is 24.7 Å². The number of rotatable bonds is 3. The van der Waals surface area contributed by atoms with E-state index in [2.05, 4.69) is 21.0 Å². The molecule has 3 unspecified atom stereocenters. The Balaban J connectivity index is 1.69. The minimum absolute atomic E-state index is 0.150. The Morgan fingerprint density at radius 3 is 2.75 bits per heavy atom. The second-order valence-corrected chi connectivity index (χ2v) is 5.86. The van der Waals surface area contributed by atoms with E-state index in [1.165, 1.54) is 19.3 Å². The Hall–Kier alpha value is -1.76. The predicted octanol–water partition coefficient (Wildman–Crippen LogP) is 1.03. The summed E-state index contributed by atoms with van der Waals surface area (Å²) in [6.45, 7) is 0. The number of carbonyl (C=O) groups is 1. The molecule has 2 aliphatic rings. The SMILES string of the molecule is Nc1n[nH]c(N)c1NNC1C(=O)CCC2CCCCC21. The lowest BCUT2D eigenvalue weighted by atomic mass is 9.68. The third-order valence-electron chi connectivity index (χ3n) is 4.68. The molecule has 2 fully saturated rings. The zero-order chi connectivity index (χ0) is 14.1. The van der Waals surface area contributed by atoms with E-state index in [-0.39, 0.29) is 11.8 Å². The Morgan fingerprint density at radius 1 is 1.20 bits per heavy atom. The summed E-state index contributed by atoms with van der Waals surface area (Å²) in [5, 5.41) is 6.43. The maximum atomic E-state index is 12.2. The van der Waals surface area contributed by atoms with Crippen molar-refractivity contribution in [3.05, 3.63) is 0 Å². The summed E-state index contributed by atoms with van der Waals surface area (Å²) in [5.74, 6) is 2.05. The van der Waals surface area contributed by atoms with Crippen LogP contribution in [0, 0.1) is 11.8 Å². The van der Waals surface area contributed by atoms with Crippen LogP contribution in [0.15, 0.2) is 0 Å². The van der Waals surface area contributed by atoms with Gasteiger partial charge < -0.3 is 16.9 Å². The molecule has 7 nitrogen and oxygen atoms in total. The number of hydrogen-bond donors (Lipinski definition) is 5. The van der Waals surface area contributed by atoms with E-state index in [4.69, 9.17) is 11.5 Å². The highest BCUT2D eigenvalue weighted by atomic mass is 16.1. The van der Waals surface area contributed by atoms with Crippen molar-refractivity contribution in [2.24, 2.45) is 11.8 Å². The van der Waals surface area contributed by atoms with Gasteiger partial charge in [0.15, 0.2) is 11.6 Å². The number of aromatic amines is 1. The Labute approximate surface area is 117 Å². The van der Waals surface area contributed by atoms with Crippen LogP contribution in [-0.4, -0.2) is 22.0 Å². The van der Waals surface area contributed by atoms with Gasteiger partial charge in [-0.3, -0.25) is 9.89 Å². The second-order valence-electron chi connectivity index (χ2n) is 5.86. The molecule has 7 N–H and O–H groups in total. The molecule has 3 atom stereocenters. The van der Waals surface area contributed by atoms with Crippen LogP contribution >= 0.6 is 0 Å². The summed E-state index contributed by atoms with van der Waals surface area (Å²) in [6.07, 6.45) is 6.56. The lowest BCUT2D eigenvalue weighted by molar-refractivity contribution is -0.126. The molecule has 1 aromatic heterocycles. The highest BCUT2D eigenvalue weighted by molar-refractivity contribution is 5.85. The normalized spacial score (nSPS) is 30.0. The van der Waals surface area contributed by atoms with Crippen LogP contribution in [0.2, 0.25) is 0 Å². The molecular weight excluding hydrogens is 256 g/mol. The lowest BCUT2D eigenvalue weighted by Gasteiger charge is -2.40. The largest absolute Gasteiger partial charge is 0.382 e. The van der Waals surface area contributed by atoms with E-state index in [9.17, 15) is 4.79 Å². The van der Waals surface area contributed by atoms with Crippen LogP contribution in [0.3, 0.4) is 0 Å². The van der Waals surface area contributed by atoms with Crippen molar-refractivity contribution in [3.8, 4) is 0 Å². The van der Waals surface area contributed by atoms with Gasteiger partial charge >= 0.3 is 0 Å². The summed E-state index contributed by atoms with van der Waals surface area (Å²) >= 11 is 0. The summed E-state index contributed by atoms with van der Waals surface area (Å²) in [4.78, 5) is 12.2. The molecule has 110 valence electrons. The van der Waals surface area contributed by atoms with E-state index < -0.39 is 0 Å². The van der Waals surface area contributed by atoms with Gasteiger partial charge in [-0.15, -0.1) is 0 Å². The van der Waals surface area contributed by atoms with Gasteiger partial charge in [-0.2, -0.15) is 5.10 Å². The fraction of sp³-hybridized carbons (Fsp3) is 0.692. The van der Waals surface area contributed by atoms with Crippen molar-refractivity contribution in [2.75, 3.05) is 16.9 Å². The van der Waals surface area contributed by atoms with Crippen LogP contribution in [0.25, 0.3) is 0 Å². The number of aromatic nitrogens is 2. The Morgan fingerprint density at radius 2 is 2.00 bits per heavy atom. The average Bonchev–Trinajstić information content (AvgIpc) is 2.77. The van der Waals surface area contributed by atoms with Crippen molar-refractivity contribution in [3.63, 3.8) is 0 Å². The van der Waals surface area contributed by atoms with Crippen LogP contribution in [0.4, 0.5) is 17.3 Å². The number of fused-ring (bicyclic) bond motifs is 1. The van der Waals surface area contributed by atoms with E-state index in [0.29, 0.717) is 35.6 Å². The van der Waals surface area contributed by atoms with Gasteiger partial charge in [0.25, 0.3) is 0 Å². The molecule has 20 heavy (non-hydrogen) atoms. The minimum atomic E-state index is -0.150. The predicted molar refractivity (Wildman–Crippen MR) is 77.6 cm³/mol. The fourth-order valence-electron chi connectivity index (χ4n) is 3.59. The molecule has 1 heterocycles. The standard InChI is InChI=1S/C13H22N6O/c14-12-11(13(15)19-18-12)17-16-10-8-4-2-1-3-7(8)5-6-9(10)20/h7-8,10,16-17H,1-6H2,(H5,14,15,18,19). The number of ketones is 1. The van der Waals surface area contributed by atoms with Crippen molar-refractivity contribution in [1.29, 1.82) is 0 Å². The summed E-state index contributed by atoms with van der Waals surface area (Å²) < 4.78 is 0. The number of nitrogen functional groups attached to an aromatic ring is 2. The summed E-state index contributed by atoms with van der Waals surface area (Å²) in [5.41, 5.74) is 18.1. The Kier molecular flexibility index (Phi) is 3.52. The number of nitrogens with one attached hydrogen (secondary N) is 3. The number of Topliss-reactive ketones (excluding diaryl/α,β-unsaturated/α-hetero) is 1. The number of anilines is 3. The number of nitrogens with two attached hydrogens (primary N) is 2. The molecule has 0 spiro atoms. The topological polar surface area (TPSA) is 122 Å². The first-order valence-corrected chi connectivity index (χ1v) is 7.30. The monoisotopic (exact) mass is 278 g/mol. The van der Waals surface area contributed by atoms with E-state index >= 15 is 0 Å². The van der Waals surface area contributed by atoms with Crippen LogP contribution < -0.4 is 22.3 Å². The quantitative estimate of drug-likeness (QED) is 0.526. The smallest absolute Gasteiger partial charge is 0.172 e. The van der Waals surface area contributed by atoms with Crippen LogP contribution in [0.1, 0.15) is 38.5 Å². The van der Waals surface area contributed by atoms with Gasteiger partial charge in [0.1, 0.15) is 11.5 Å². The number of nitrogens with zero attached hydrogens (tertiary/aromatic N) is 1. The molecule has 2 saturated carbocycles. The summed E-state index contributed by atoms with van der Waals surface area (Å²) in [6, 6.07) is -0.150. The van der Waals surface area contributed by atoms with Gasteiger partial charge in [-0.25, -0.2) is 5.43 Å². The third kappa shape index (κ3) is 2.33. The molecule has 0 bridgehead atoms. The van der Waals surface area contributed by atoms with E-state index in [1.54, 1.807) is 0 Å². The third-order valence-corrected chi connectivity index (χ3v) is 4.68. The maximum absolute atomic E-state index is 12.2. The number of hydrazine groups is 1. The molecule has 0 aliphatic heterocycles. The molecule has 0 aromatic carbocycles. The fourth-order valence-corrected chi connectivity index (χ4v) is 3.59. The minimum Gasteiger partial charge on any atom is -0.382 e. The molecule has 3 rings (SSSR count). The first kappa shape index (κ1) is 13.2. The molecule has 0 saturated heterocycles. The zero-order valence-electron chi connectivity index (χ0n) is 11.5. The number of H-pyrrole nitrogens is 1. The highest BCUT2D eigenvalue weighted by Gasteiger charge is 2.39. The number of hydrogen-bond acceptors (Lipinski definition) is 6. The molecule has 1 aromatic rings. The van der Waals surface area contributed by atoms with Crippen molar-refractivity contribution in [1.82, 2.24) is 15.6 Å². The first-order chi connectivity index (χ1) is 9.66. The maximum Gasteiger partial charge on any atom is 0.172 e. The van der Waals surface area contributed by atoms with Crippen LogP contribution in [0.5, 0.6) is 0 Å². The molecule has 0 amide bonds. The van der Waals surface area contributed by atoms with Crippen molar-refractivity contribution >= 4 is 23.1 Å². The summed E-state index contributed by atoms with van der Waals surface area (Å²) in [7, 11) is 0. The van der Waals surface area contributed by atoms with E-state index in [1.807, 2.05) is 0 Å². The van der Waals surface area contributed by atoms with Gasteiger partial charge in [-0.1, -0.05) is 19.3 Å². The van der Waals surface area contributed by atoms with Crippen LogP contribution in [-0.2, 0) is 4.79 Å². The average molecular weight is 278 g/mol. The first-order valence-electron chi connectivity index (χ1n) is 7.30. The van der Waals surface area contributed by atoms with Gasteiger partial charge in [0.2, 0.25) is 0 Å². The second kappa shape index (κ2) is 5.32.